The fourth-order valence-electron chi connectivity index (χ4n) is 2.32. The molecule has 3 rings (SSSR count). The van der Waals surface area contributed by atoms with E-state index in [1.54, 1.807) is 0 Å². The van der Waals surface area contributed by atoms with Gasteiger partial charge in [-0.25, -0.2) is 17.5 Å². The van der Waals surface area contributed by atoms with Crippen LogP contribution >= 0.6 is 0 Å². The van der Waals surface area contributed by atoms with Gasteiger partial charge >= 0.3 is 0 Å². The van der Waals surface area contributed by atoms with Crippen molar-refractivity contribution in [3.05, 3.63) is 78.1 Å². The standard InChI is InChI=1S/C17H14FNO2S/c18-15-8-10-16(11-9-15)22(20,21)19-12-14-6-3-5-13-4-1-2-7-17(13)14/h1-11,19H,12H2. The van der Waals surface area contributed by atoms with Crippen LogP contribution in [0.25, 0.3) is 10.8 Å². The molecule has 22 heavy (non-hydrogen) atoms. The smallest absolute Gasteiger partial charge is 0.207 e. The van der Waals surface area contributed by atoms with Gasteiger partial charge in [0, 0.05) is 6.54 Å². The second-order valence-corrected chi connectivity index (χ2v) is 6.68. The van der Waals surface area contributed by atoms with Crippen LogP contribution in [0.4, 0.5) is 4.39 Å². The van der Waals surface area contributed by atoms with E-state index in [0.717, 1.165) is 28.5 Å². The topological polar surface area (TPSA) is 46.2 Å². The van der Waals surface area contributed by atoms with Crippen molar-refractivity contribution in [2.75, 3.05) is 0 Å². The summed E-state index contributed by atoms with van der Waals surface area (Å²) in [6.45, 7) is 0.182. The van der Waals surface area contributed by atoms with Gasteiger partial charge in [0.25, 0.3) is 0 Å². The van der Waals surface area contributed by atoms with Gasteiger partial charge in [0.2, 0.25) is 10.0 Å². The highest BCUT2D eigenvalue weighted by Crippen LogP contribution is 2.19. The van der Waals surface area contributed by atoms with Crippen LogP contribution < -0.4 is 4.72 Å². The molecule has 0 aliphatic carbocycles. The molecule has 0 atom stereocenters. The zero-order valence-electron chi connectivity index (χ0n) is 11.7. The van der Waals surface area contributed by atoms with E-state index in [0.29, 0.717) is 0 Å². The van der Waals surface area contributed by atoms with Crippen LogP contribution in [-0.2, 0) is 16.6 Å². The van der Waals surface area contributed by atoms with E-state index in [1.165, 1.54) is 12.1 Å². The Kier molecular flexibility index (Phi) is 3.92. The van der Waals surface area contributed by atoms with Crippen molar-refractivity contribution >= 4 is 20.8 Å². The summed E-state index contributed by atoms with van der Waals surface area (Å²) in [6.07, 6.45) is 0. The predicted molar refractivity (Wildman–Crippen MR) is 84.4 cm³/mol. The third-order valence-corrected chi connectivity index (χ3v) is 4.87. The van der Waals surface area contributed by atoms with Crippen molar-refractivity contribution in [3.8, 4) is 0 Å². The molecule has 0 unspecified atom stereocenters. The highest BCUT2D eigenvalue weighted by molar-refractivity contribution is 7.89. The van der Waals surface area contributed by atoms with Crippen LogP contribution in [0.3, 0.4) is 0 Å². The lowest BCUT2D eigenvalue weighted by Crippen LogP contribution is -2.23. The van der Waals surface area contributed by atoms with Gasteiger partial charge in [0.1, 0.15) is 5.82 Å². The number of hydrogen-bond donors (Lipinski definition) is 1. The van der Waals surface area contributed by atoms with Crippen molar-refractivity contribution in [2.45, 2.75) is 11.4 Å². The number of benzene rings is 3. The first kappa shape index (κ1) is 14.7. The number of nitrogens with one attached hydrogen (secondary N) is 1. The van der Waals surface area contributed by atoms with Gasteiger partial charge in [-0.2, -0.15) is 0 Å². The molecular formula is C17H14FNO2S. The maximum atomic E-state index is 12.9. The van der Waals surface area contributed by atoms with E-state index in [4.69, 9.17) is 0 Å². The summed E-state index contributed by atoms with van der Waals surface area (Å²) in [5, 5.41) is 2.06. The monoisotopic (exact) mass is 315 g/mol. The lowest BCUT2D eigenvalue weighted by atomic mass is 10.1. The average molecular weight is 315 g/mol. The Hall–Kier alpha value is -2.24. The van der Waals surface area contributed by atoms with Crippen LogP contribution in [0.15, 0.2) is 71.6 Å². The molecule has 3 aromatic carbocycles. The molecule has 3 aromatic rings. The zero-order chi connectivity index (χ0) is 15.6. The van der Waals surface area contributed by atoms with E-state index in [1.807, 2.05) is 42.5 Å². The Balaban J connectivity index is 1.86. The Morgan fingerprint density at radius 2 is 1.55 bits per heavy atom. The van der Waals surface area contributed by atoms with Crippen LogP contribution in [0, 0.1) is 5.82 Å². The third kappa shape index (κ3) is 3.00. The van der Waals surface area contributed by atoms with Gasteiger partial charge < -0.3 is 0 Å². The molecule has 0 aromatic heterocycles. The fraction of sp³-hybridized carbons (Fsp3) is 0.0588. The minimum absolute atomic E-state index is 0.0501. The first-order valence-electron chi connectivity index (χ1n) is 6.78. The first-order valence-corrected chi connectivity index (χ1v) is 8.26. The molecule has 112 valence electrons. The summed E-state index contributed by atoms with van der Waals surface area (Å²) in [7, 11) is -3.66. The second kappa shape index (κ2) is 5.87. The summed E-state index contributed by atoms with van der Waals surface area (Å²) in [4.78, 5) is 0.0501. The summed E-state index contributed by atoms with van der Waals surface area (Å²) in [5.74, 6) is -0.465. The zero-order valence-corrected chi connectivity index (χ0v) is 12.5. The van der Waals surface area contributed by atoms with Crippen LogP contribution in [0.1, 0.15) is 5.56 Å². The van der Waals surface area contributed by atoms with Gasteiger partial charge in [0.05, 0.1) is 4.90 Å². The molecule has 1 N–H and O–H groups in total. The van der Waals surface area contributed by atoms with Crippen molar-refractivity contribution in [2.24, 2.45) is 0 Å². The Morgan fingerprint density at radius 1 is 0.864 bits per heavy atom. The van der Waals surface area contributed by atoms with Gasteiger partial charge in [-0.05, 0) is 40.6 Å². The highest BCUT2D eigenvalue weighted by Gasteiger charge is 2.14. The largest absolute Gasteiger partial charge is 0.240 e. The molecule has 0 saturated carbocycles. The van der Waals surface area contributed by atoms with Crippen LogP contribution in [0.5, 0.6) is 0 Å². The van der Waals surface area contributed by atoms with Crippen LogP contribution in [0.2, 0.25) is 0 Å². The average Bonchev–Trinajstić information content (AvgIpc) is 2.53. The maximum absolute atomic E-state index is 12.9. The minimum Gasteiger partial charge on any atom is -0.207 e. The van der Waals surface area contributed by atoms with Gasteiger partial charge in [-0.1, -0.05) is 42.5 Å². The van der Waals surface area contributed by atoms with E-state index in [-0.39, 0.29) is 11.4 Å². The molecular weight excluding hydrogens is 301 g/mol. The second-order valence-electron chi connectivity index (χ2n) is 4.92. The van der Waals surface area contributed by atoms with Crippen molar-refractivity contribution in [3.63, 3.8) is 0 Å². The van der Waals surface area contributed by atoms with E-state index in [2.05, 4.69) is 4.72 Å². The first-order chi connectivity index (χ1) is 10.6. The van der Waals surface area contributed by atoms with E-state index in [9.17, 15) is 12.8 Å². The third-order valence-electron chi connectivity index (χ3n) is 3.46. The van der Waals surface area contributed by atoms with Crippen LogP contribution in [-0.4, -0.2) is 8.42 Å². The molecule has 5 heteroatoms. The van der Waals surface area contributed by atoms with E-state index < -0.39 is 15.8 Å². The molecule has 0 heterocycles. The summed E-state index contributed by atoms with van der Waals surface area (Å²) in [6, 6.07) is 18.3. The SMILES string of the molecule is O=S(=O)(NCc1cccc2ccccc12)c1ccc(F)cc1. The predicted octanol–water partition coefficient (Wildman–Crippen LogP) is 3.46. The lowest BCUT2D eigenvalue weighted by Gasteiger charge is -2.09. The molecule has 3 nitrogen and oxygen atoms in total. The lowest BCUT2D eigenvalue weighted by molar-refractivity contribution is 0.580. The normalized spacial score (nSPS) is 11.7. The quantitative estimate of drug-likeness (QED) is 0.801. The van der Waals surface area contributed by atoms with E-state index >= 15 is 0 Å². The number of fused-ring (bicyclic) bond motifs is 1. The summed E-state index contributed by atoms with van der Waals surface area (Å²) in [5.41, 5.74) is 0.892. The minimum atomic E-state index is -3.66. The number of halogens is 1. The number of rotatable bonds is 4. The van der Waals surface area contributed by atoms with Crippen molar-refractivity contribution in [1.82, 2.24) is 4.72 Å². The molecule has 0 radical (unpaired) electrons. The molecule has 0 bridgehead atoms. The molecule has 0 aliphatic heterocycles. The maximum Gasteiger partial charge on any atom is 0.240 e. The Labute approximate surface area is 128 Å². The van der Waals surface area contributed by atoms with Crippen molar-refractivity contribution in [1.29, 1.82) is 0 Å². The Bertz CT molecular complexity index is 900. The number of hydrogen-bond acceptors (Lipinski definition) is 2. The fourth-order valence-corrected chi connectivity index (χ4v) is 3.32. The summed E-state index contributed by atoms with van der Waals surface area (Å²) < 4.78 is 39.9. The van der Waals surface area contributed by atoms with Gasteiger partial charge in [0.15, 0.2) is 0 Å². The van der Waals surface area contributed by atoms with Crippen molar-refractivity contribution < 1.29 is 12.8 Å². The highest BCUT2D eigenvalue weighted by atomic mass is 32.2. The molecule has 0 aliphatic rings. The molecule has 0 amide bonds. The van der Waals surface area contributed by atoms with Gasteiger partial charge in [-0.3, -0.25) is 0 Å². The number of sulfonamides is 1. The molecule has 0 spiro atoms. The Morgan fingerprint density at radius 3 is 2.32 bits per heavy atom. The molecule has 0 saturated heterocycles. The summed E-state index contributed by atoms with van der Waals surface area (Å²) >= 11 is 0. The molecule has 0 fully saturated rings. The van der Waals surface area contributed by atoms with Gasteiger partial charge in [-0.15, -0.1) is 0 Å².